The number of aromatic carboxylic acids is 1. The maximum Gasteiger partial charge on any atom is 0.547 e. The molecule has 1 aromatic carbocycles. The summed E-state index contributed by atoms with van der Waals surface area (Å²) in [5, 5.41) is 38.9. The number of nitrogens with zero attached hydrogens (tertiary/aromatic N) is 4. The summed E-state index contributed by atoms with van der Waals surface area (Å²) in [5.41, 5.74) is 0.452. The Morgan fingerprint density at radius 2 is 2.16 bits per heavy atom. The summed E-state index contributed by atoms with van der Waals surface area (Å²) in [5.74, 6) is -3.21. The van der Waals surface area contributed by atoms with E-state index in [0.717, 1.165) is 17.6 Å². The van der Waals surface area contributed by atoms with E-state index >= 15 is 0 Å². The lowest BCUT2D eigenvalue weighted by Crippen LogP contribution is -2.53. The average molecular weight is 429 g/mol. The molecule has 0 aliphatic carbocycles. The van der Waals surface area contributed by atoms with Gasteiger partial charge in [0.25, 0.3) is 5.91 Å². The molecule has 14 heteroatoms. The van der Waals surface area contributed by atoms with E-state index < -0.39 is 24.9 Å². The molecule has 5 N–H and O–H groups in total. The van der Waals surface area contributed by atoms with Crippen molar-refractivity contribution in [3.05, 3.63) is 35.2 Å². The van der Waals surface area contributed by atoms with Gasteiger partial charge in [-0.05, 0) is 41.4 Å². The van der Waals surface area contributed by atoms with Crippen molar-refractivity contribution in [1.82, 2.24) is 36.2 Å². The van der Waals surface area contributed by atoms with E-state index in [4.69, 9.17) is 4.65 Å². The third-order valence-corrected chi connectivity index (χ3v) is 5.12. The zero-order chi connectivity index (χ0) is 22.0. The topological polar surface area (TPSA) is 181 Å². The van der Waals surface area contributed by atoms with Crippen LogP contribution < -0.4 is 20.6 Å². The van der Waals surface area contributed by atoms with Gasteiger partial charge in [-0.25, -0.2) is 9.48 Å². The van der Waals surface area contributed by atoms with Crippen molar-refractivity contribution in [3.63, 3.8) is 0 Å². The maximum absolute atomic E-state index is 12.7. The summed E-state index contributed by atoms with van der Waals surface area (Å²) in [7, 11) is -1.47. The van der Waals surface area contributed by atoms with Crippen LogP contribution >= 0.6 is 0 Å². The van der Waals surface area contributed by atoms with Gasteiger partial charge in [0, 0.05) is 12.6 Å². The quantitative estimate of drug-likeness (QED) is 0.311. The first-order valence-corrected chi connectivity index (χ1v) is 9.69. The maximum atomic E-state index is 12.7. The molecule has 13 nitrogen and oxygen atoms in total. The number of fused-ring (bicyclic) bond motifs is 1. The van der Waals surface area contributed by atoms with E-state index in [1.54, 1.807) is 12.1 Å². The van der Waals surface area contributed by atoms with Crippen LogP contribution in [0.2, 0.25) is 0 Å². The Labute approximate surface area is 176 Å². The Balaban J connectivity index is 1.42. The highest BCUT2D eigenvalue weighted by molar-refractivity contribution is 6.47. The van der Waals surface area contributed by atoms with Crippen LogP contribution in [-0.2, 0) is 17.8 Å². The molecule has 0 saturated carbocycles. The molecule has 3 heterocycles. The van der Waals surface area contributed by atoms with E-state index in [1.165, 1.54) is 6.07 Å². The molecule has 2 aromatic rings. The summed E-state index contributed by atoms with van der Waals surface area (Å²) in [6, 6.07) is 4.60. The first kappa shape index (κ1) is 20.7. The molecule has 0 bridgehead atoms. The molecule has 0 radical (unpaired) electrons. The van der Waals surface area contributed by atoms with Crippen molar-refractivity contribution in [2.24, 2.45) is 0 Å². The number of tetrazole rings is 1. The van der Waals surface area contributed by atoms with Gasteiger partial charge in [0.15, 0.2) is 0 Å². The largest absolute Gasteiger partial charge is 0.547 e. The van der Waals surface area contributed by atoms with Gasteiger partial charge < -0.3 is 30.7 Å². The standard InChI is InChI=1S/C17H20BN7O6/c26-13(20-10-4-5-19-7-10)8-25-15(22-23-24-25)16(27)21-12-6-9-2-1-3-11(17(28)29)14(9)31-18(12)30/h1-3,10,12,19,30H,4-8H2,(H,20,26)(H,21,27)(H,28,29). The van der Waals surface area contributed by atoms with Crippen molar-refractivity contribution in [3.8, 4) is 5.75 Å². The second-order valence-corrected chi connectivity index (χ2v) is 7.31. The molecule has 2 aliphatic rings. The summed E-state index contributed by atoms with van der Waals surface area (Å²) in [4.78, 5) is 36.2. The van der Waals surface area contributed by atoms with Gasteiger partial charge >= 0.3 is 13.1 Å². The monoisotopic (exact) mass is 429 g/mol. The van der Waals surface area contributed by atoms with Crippen molar-refractivity contribution >= 4 is 24.9 Å². The minimum atomic E-state index is -1.47. The lowest BCUT2D eigenvalue weighted by atomic mass is 9.72. The van der Waals surface area contributed by atoms with Gasteiger partial charge in [0.1, 0.15) is 12.3 Å². The molecule has 0 spiro atoms. The smallest absolute Gasteiger partial charge is 0.534 e. The van der Waals surface area contributed by atoms with Crippen LogP contribution in [0.4, 0.5) is 0 Å². The van der Waals surface area contributed by atoms with Gasteiger partial charge in [-0.3, -0.25) is 9.59 Å². The van der Waals surface area contributed by atoms with E-state index in [9.17, 15) is 24.5 Å². The fourth-order valence-corrected chi connectivity index (χ4v) is 3.61. The molecule has 4 rings (SSSR count). The van der Waals surface area contributed by atoms with E-state index in [0.29, 0.717) is 12.1 Å². The highest BCUT2D eigenvalue weighted by Gasteiger charge is 2.38. The summed E-state index contributed by atoms with van der Waals surface area (Å²) >= 11 is 0. The molecule has 2 atom stereocenters. The van der Waals surface area contributed by atoms with Crippen LogP contribution in [0.5, 0.6) is 5.75 Å². The van der Waals surface area contributed by atoms with Gasteiger partial charge in [-0.15, -0.1) is 5.10 Å². The molecule has 2 amide bonds. The average Bonchev–Trinajstić information content (AvgIpc) is 3.40. The van der Waals surface area contributed by atoms with Crippen LogP contribution in [0.1, 0.15) is 33.0 Å². The van der Waals surface area contributed by atoms with Gasteiger partial charge in [0.05, 0.1) is 11.5 Å². The van der Waals surface area contributed by atoms with Crippen molar-refractivity contribution in [2.45, 2.75) is 31.4 Å². The predicted molar refractivity (Wildman–Crippen MR) is 104 cm³/mol. The number of carbonyl (C=O) groups is 3. The number of amides is 2. The Hall–Kier alpha value is -3.52. The lowest BCUT2D eigenvalue weighted by Gasteiger charge is -2.28. The molecule has 31 heavy (non-hydrogen) atoms. The van der Waals surface area contributed by atoms with Crippen LogP contribution in [0, 0.1) is 0 Å². The van der Waals surface area contributed by atoms with Crippen LogP contribution in [-0.4, -0.2) is 80.3 Å². The Bertz CT molecular complexity index is 1010. The summed E-state index contributed by atoms with van der Waals surface area (Å²) in [6.45, 7) is 1.27. The highest BCUT2D eigenvalue weighted by atomic mass is 16.5. The molecule has 2 unspecified atom stereocenters. The Kier molecular flexibility index (Phi) is 5.82. The fourth-order valence-electron chi connectivity index (χ4n) is 3.61. The number of hydrogen-bond donors (Lipinski definition) is 5. The Morgan fingerprint density at radius 3 is 2.90 bits per heavy atom. The number of para-hydroxylation sites is 1. The zero-order valence-corrected chi connectivity index (χ0v) is 16.3. The minimum absolute atomic E-state index is 0.0200. The third-order valence-electron chi connectivity index (χ3n) is 5.12. The predicted octanol–water partition coefficient (Wildman–Crippen LogP) is -2.40. The van der Waals surface area contributed by atoms with E-state index in [-0.39, 0.29) is 42.1 Å². The molecule has 2 aliphatic heterocycles. The van der Waals surface area contributed by atoms with Crippen molar-refractivity contribution in [1.29, 1.82) is 0 Å². The number of nitrogens with one attached hydrogen (secondary N) is 3. The van der Waals surface area contributed by atoms with Crippen LogP contribution in [0.3, 0.4) is 0 Å². The third kappa shape index (κ3) is 4.49. The molecule has 1 fully saturated rings. The summed E-state index contributed by atoms with van der Waals surface area (Å²) < 4.78 is 6.42. The number of carboxylic acid groups (broad SMARTS) is 1. The molecule has 1 saturated heterocycles. The zero-order valence-electron chi connectivity index (χ0n) is 16.3. The van der Waals surface area contributed by atoms with E-state index in [1.807, 2.05) is 0 Å². The first-order chi connectivity index (χ1) is 14.9. The van der Waals surface area contributed by atoms with Gasteiger partial charge in [0.2, 0.25) is 11.7 Å². The SMILES string of the molecule is O=C(Cn1nnnc1C(=O)NC1Cc2cccc(C(=O)O)c2OB1O)NC1CCNC1. The van der Waals surface area contributed by atoms with Gasteiger partial charge in [-0.1, -0.05) is 12.1 Å². The molecular weight excluding hydrogens is 409 g/mol. The number of carboxylic acids is 1. The van der Waals surface area contributed by atoms with Crippen LogP contribution in [0.15, 0.2) is 18.2 Å². The highest BCUT2D eigenvalue weighted by Crippen LogP contribution is 2.30. The minimum Gasteiger partial charge on any atom is -0.534 e. The molecular formula is C17H20BN7O6. The fraction of sp³-hybridized carbons (Fsp3) is 0.412. The first-order valence-electron chi connectivity index (χ1n) is 9.69. The van der Waals surface area contributed by atoms with Gasteiger partial charge in [-0.2, -0.15) is 0 Å². The summed E-state index contributed by atoms with van der Waals surface area (Å²) in [6.07, 6.45) is 0.958. The Morgan fingerprint density at radius 1 is 1.32 bits per heavy atom. The molecule has 1 aromatic heterocycles. The number of benzene rings is 1. The number of aromatic nitrogens is 4. The number of rotatable bonds is 6. The second-order valence-electron chi connectivity index (χ2n) is 7.31. The van der Waals surface area contributed by atoms with E-state index in [2.05, 4.69) is 31.5 Å². The lowest BCUT2D eigenvalue weighted by molar-refractivity contribution is -0.122. The molecule has 162 valence electrons. The van der Waals surface area contributed by atoms with Crippen molar-refractivity contribution < 1.29 is 29.2 Å². The van der Waals surface area contributed by atoms with Crippen molar-refractivity contribution in [2.75, 3.05) is 13.1 Å². The van der Waals surface area contributed by atoms with Crippen LogP contribution in [0.25, 0.3) is 0 Å². The number of carbonyl (C=O) groups excluding carboxylic acids is 2. The normalized spacial score (nSPS) is 20.0. The second kappa shape index (κ2) is 8.69. The number of hydrogen-bond acceptors (Lipinski definition) is 9.